The van der Waals surface area contributed by atoms with E-state index in [0.29, 0.717) is 23.7 Å². The molecule has 0 unspecified atom stereocenters. The molecule has 0 bridgehead atoms. The number of amides is 1. The van der Waals surface area contributed by atoms with Crippen LogP contribution in [0.5, 0.6) is 11.5 Å². The number of hydrogen-bond acceptors (Lipinski definition) is 5. The number of carbonyl (C=O) groups excluding carboxylic acids is 1. The normalized spacial score (nSPS) is 11.2. The van der Waals surface area contributed by atoms with Gasteiger partial charge in [-0.15, -0.1) is 0 Å². The average Bonchev–Trinajstić information content (AvgIpc) is 3.28. The highest BCUT2D eigenvalue weighted by Crippen LogP contribution is 2.23. The SMILES string of the molecule is CS(=O)(=O)c1ccc(-c2c[nH]c(C(=O)NCc3cccc(Oc4ccncc4)c3)c2)cc1. The van der Waals surface area contributed by atoms with Gasteiger partial charge in [-0.1, -0.05) is 24.3 Å². The van der Waals surface area contributed by atoms with Gasteiger partial charge in [-0.25, -0.2) is 8.42 Å². The van der Waals surface area contributed by atoms with Crippen LogP contribution >= 0.6 is 0 Å². The van der Waals surface area contributed by atoms with Crippen LogP contribution in [0.25, 0.3) is 11.1 Å². The van der Waals surface area contributed by atoms with Gasteiger partial charge in [-0.2, -0.15) is 0 Å². The first-order valence-electron chi connectivity index (χ1n) is 9.82. The van der Waals surface area contributed by atoms with Crippen molar-refractivity contribution in [3.8, 4) is 22.6 Å². The Bertz CT molecular complexity index is 1330. The predicted molar refractivity (Wildman–Crippen MR) is 121 cm³/mol. The van der Waals surface area contributed by atoms with E-state index in [4.69, 9.17) is 4.74 Å². The third-order valence-electron chi connectivity index (χ3n) is 4.78. The maximum absolute atomic E-state index is 12.6. The quantitative estimate of drug-likeness (QED) is 0.442. The fourth-order valence-electron chi connectivity index (χ4n) is 3.13. The summed E-state index contributed by atoms with van der Waals surface area (Å²) in [7, 11) is -3.25. The molecule has 0 aliphatic rings. The van der Waals surface area contributed by atoms with Crippen LogP contribution in [0.1, 0.15) is 16.1 Å². The van der Waals surface area contributed by atoms with Crippen molar-refractivity contribution < 1.29 is 17.9 Å². The van der Waals surface area contributed by atoms with Gasteiger partial charge < -0.3 is 15.0 Å². The number of hydrogen-bond donors (Lipinski definition) is 2. The molecule has 1 amide bonds. The number of sulfone groups is 1. The van der Waals surface area contributed by atoms with Crippen molar-refractivity contribution in [3.63, 3.8) is 0 Å². The molecule has 4 aromatic rings. The number of pyridine rings is 1. The van der Waals surface area contributed by atoms with Gasteiger partial charge in [0.05, 0.1) is 4.90 Å². The van der Waals surface area contributed by atoms with Crippen LogP contribution in [-0.4, -0.2) is 30.5 Å². The zero-order valence-electron chi connectivity index (χ0n) is 17.3. The Labute approximate surface area is 186 Å². The number of nitrogens with one attached hydrogen (secondary N) is 2. The summed E-state index contributed by atoms with van der Waals surface area (Å²) in [6.07, 6.45) is 6.20. The third kappa shape index (κ3) is 5.22. The second kappa shape index (κ2) is 9.07. The van der Waals surface area contributed by atoms with Crippen LogP contribution in [0.4, 0.5) is 0 Å². The number of aromatic nitrogens is 2. The van der Waals surface area contributed by atoms with Gasteiger partial charge in [-0.3, -0.25) is 9.78 Å². The van der Waals surface area contributed by atoms with E-state index in [2.05, 4.69) is 15.3 Å². The second-order valence-electron chi connectivity index (χ2n) is 7.21. The van der Waals surface area contributed by atoms with Crippen molar-refractivity contribution >= 4 is 15.7 Å². The Hall–Kier alpha value is -3.91. The molecule has 162 valence electrons. The molecule has 0 atom stereocenters. The number of H-pyrrole nitrogens is 1. The molecule has 0 aliphatic heterocycles. The van der Waals surface area contributed by atoms with Crippen molar-refractivity contribution in [1.82, 2.24) is 15.3 Å². The summed E-state index contributed by atoms with van der Waals surface area (Å²) in [6.45, 7) is 0.337. The predicted octanol–water partition coefficient (Wildman–Crippen LogP) is 4.20. The van der Waals surface area contributed by atoms with E-state index < -0.39 is 9.84 Å². The molecule has 2 N–H and O–H groups in total. The minimum absolute atomic E-state index is 0.246. The van der Waals surface area contributed by atoms with Crippen LogP contribution < -0.4 is 10.1 Å². The van der Waals surface area contributed by atoms with E-state index in [9.17, 15) is 13.2 Å². The van der Waals surface area contributed by atoms with Crippen LogP contribution in [0.15, 0.2) is 90.2 Å². The highest BCUT2D eigenvalue weighted by Gasteiger charge is 2.11. The molecule has 0 saturated heterocycles. The minimum Gasteiger partial charge on any atom is -0.457 e. The van der Waals surface area contributed by atoms with Crippen molar-refractivity contribution in [2.24, 2.45) is 0 Å². The second-order valence-corrected chi connectivity index (χ2v) is 9.23. The topological polar surface area (TPSA) is 101 Å². The van der Waals surface area contributed by atoms with Gasteiger partial charge in [0, 0.05) is 31.4 Å². The Morgan fingerprint density at radius 3 is 2.44 bits per heavy atom. The summed E-state index contributed by atoms with van der Waals surface area (Å²) in [5.41, 5.74) is 2.92. The summed E-state index contributed by atoms with van der Waals surface area (Å²) in [5.74, 6) is 1.11. The monoisotopic (exact) mass is 447 g/mol. The van der Waals surface area contributed by atoms with Gasteiger partial charge in [-0.05, 0) is 59.2 Å². The van der Waals surface area contributed by atoms with Gasteiger partial charge in [0.1, 0.15) is 17.2 Å². The molecule has 0 spiro atoms. The largest absolute Gasteiger partial charge is 0.457 e. The maximum Gasteiger partial charge on any atom is 0.267 e. The fourth-order valence-corrected chi connectivity index (χ4v) is 3.76. The molecular formula is C24H21N3O4S. The maximum atomic E-state index is 12.6. The smallest absolute Gasteiger partial charge is 0.267 e. The molecule has 0 saturated carbocycles. The fraction of sp³-hybridized carbons (Fsp3) is 0.0833. The summed E-state index contributed by atoms with van der Waals surface area (Å²) in [5, 5.41) is 2.89. The molecule has 7 nitrogen and oxygen atoms in total. The lowest BCUT2D eigenvalue weighted by Crippen LogP contribution is -2.23. The summed E-state index contributed by atoms with van der Waals surface area (Å²) >= 11 is 0. The Morgan fingerprint density at radius 1 is 0.969 bits per heavy atom. The van der Waals surface area contributed by atoms with Gasteiger partial charge in [0.25, 0.3) is 5.91 Å². The van der Waals surface area contributed by atoms with Gasteiger partial charge in [0.15, 0.2) is 9.84 Å². The Morgan fingerprint density at radius 2 is 1.72 bits per heavy atom. The number of ether oxygens (including phenoxy) is 1. The zero-order valence-corrected chi connectivity index (χ0v) is 18.1. The lowest BCUT2D eigenvalue weighted by molar-refractivity contribution is 0.0946. The molecule has 4 rings (SSSR count). The molecule has 0 radical (unpaired) electrons. The first kappa shape index (κ1) is 21.3. The minimum atomic E-state index is -3.25. The molecule has 32 heavy (non-hydrogen) atoms. The van der Waals surface area contributed by atoms with E-state index in [-0.39, 0.29) is 10.8 Å². The van der Waals surface area contributed by atoms with E-state index in [1.54, 1.807) is 61.1 Å². The van der Waals surface area contributed by atoms with Gasteiger partial charge in [0.2, 0.25) is 0 Å². The lowest BCUT2D eigenvalue weighted by atomic mass is 10.1. The van der Waals surface area contributed by atoms with Crippen LogP contribution in [0.2, 0.25) is 0 Å². The standard InChI is InChI=1S/C24H21N3O4S/c1-32(29,30)22-7-5-18(6-8-22)19-14-23(26-16-19)24(28)27-15-17-3-2-4-21(13-17)31-20-9-11-25-12-10-20/h2-14,16,26H,15H2,1H3,(H,27,28). The molecule has 0 fully saturated rings. The van der Waals surface area contributed by atoms with E-state index >= 15 is 0 Å². The van der Waals surface area contributed by atoms with Crippen LogP contribution in [0.3, 0.4) is 0 Å². The summed E-state index contributed by atoms with van der Waals surface area (Å²) < 4.78 is 29.0. The number of benzene rings is 2. The number of carbonyl (C=O) groups is 1. The van der Waals surface area contributed by atoms with Crippen molar-refractivity contribution in [2.75, 3.05) is 6.26 Å². The van der Waals surface area contributed by atoms with Crippen LogP contribution in [-0.2, 0) is 16.4 Å². The van der Waals surface area contributed by atoms with Gasteiger partial charge >= 0.3 is 0 Å². The number of nitrogens with zero attached hydrogens (tertiary/aromatic N) is 1. The van der Waals surface area contributed by atoms with E-state index in [0.717, 1.165) is 16.7 Å². The van der Waals surface area contributed by atoms with E-state index in [1.807, 2.05) is 24.3 Å². The summed E-state index contributed by atoms with van der Waals surface area (Å²) in [4.78, 5) is 19.7. The summed E-state index contributed by atoms with van der Waals surface area (Å²) in [6, 6.07) is 19.3. The van der Waals surface area contributed by atoms with Crippen LogP contribution in [0, 0.1) is 0 Å². The first-order valence-corrected chi connectivity index (χ1v) is 11.7. The highest BCUT2D eigenvalue weighted by molar-refractivity contribution is 7.90. The molecule has 8 heteroatoms. The Kier molecular flexibility index (Phi) is 6.04. The molecular weight excluding hydrogens is 426 g/mol. The molecule has 2 heterocycles. The Balaban J connectivity index is 1.39. The third-order valence-corrected chi connectivity index (χ3v) is 5.91. The highest BCUT2D eigenvalue weighted by atomic mass is 32.2. The van der Waals surface area contributed by atoms with Crippen molar-refractivity contribution in [3.05, 3.63) is 96.6 Å². The van der Waals surface area contributed by atoms with Crippen molar-refractivity contribution in [1.29, 1.82) is 0 Å². The zero-order chi connectivity index (χ0) is 22.6. The van der Waals surface area contributed by atoms with E-state index in [1.165, 1.54) is 6.26 Å². The molecule has 2 aromatic heterocycles. The molecule has 2 aromatic carbocycles. The number of aromatic amines is 1. The van der Waals surface area contributed by atoms with Crippen molar-refractivity contribution in [2.45, 2.75) is 11.4 Å². The average molecular weight is 448 g/mol. The lowest BCUT2D eigenvalue weighted by Gasteiger charge is -2.08. The number of rotatable bonds is 7. The first-order chi connectivity index (χ1) is 15.4. The molecule has 0 aliphatic carbocycles.